The van der Waals surface area contributed by atoms with Crippen LogP contribution in [0.5, 0.6) is 0 Å². The molecule has 0 aliphatic heterocycles. The number of thiophene rings is 1. The highest BCUT2D eigenvalue weighted by molar-refractivity contribution is 7.14. The molecule has 0 saturated carbocycles. The Morgan fingerprint density at radius 1 is 1.50 bits per heavy atom. The lowest BCUT2D eigenvalue weighted by Gasteiger charge is -2.19. The van der Waals surface area contributed by atoms with Gasteiger partial charge in [-0.15, -0.1) is 11.3 Å². The maximum absolute atomic E-state index is 12.1. The van der Waals surface area contributed by atoms with Gasteiger partial charge in [0.05, 0.1) is 4.88 Å². The van der Waals surface area contributed by atoms with Crippen molar-refractivity contribution in [3.05, 3.63) is 21.4 Å². The summed E-state index contributed by atoms with van der Waals surface area (Å²) in [6.45, 7) is 3.96. The van der Waals surface area contributed by atoms with Crippen LogP contribution >= 0.6 is 11.3 Å². The van der Waals surface area contributed by atoms with Gasteiger partial charge in [-0.25, -0.2) is 4.79 Å². The Morgan fingerprint density at radius 2 is 2.25 bits per heavy atom. The molecule has 20 heavy (non-hydrogen) atoms. The molecule has 2 rings (SSSR count). The fourth-order valence-corrected chi connectivity index (χ4v) is 3.74. The summed E-state index contributed by atoms with van der Waals surface area (Å²) in [5.74, 6) is -0.518. The number of carboxylic acid groups (broad SMARTS) is 1. The second-order valence-electron chi connectivity index (χ2n) is 5.35. The number of carbonyl (C=O) groups excluding carboxylic acids is 1. The first-order valence-electron chi connectivity index (χ1n) is 7.20. The van der Waals surface area contributed by atoms with Crippen molar-refractivity contribution in [2.24, 2.45) is 5.92 Å². The first-order valence-corrected chi connectivity index (χ1v) is 8.02. The normalized spacial score (nSPS) is 19.2. The van der Waals surface area contributed by atoms with E-state index in [1.807, 2.05) is 6.07 Å². The van der Waals surface area contributed by atoms with Crippen molar-refractivity contribution in [3.8, 4) is 0 Å². The largest absolute Gasteiger partial charge is 0.480 e. The molecule has 0 fully saturated rings. The van der Waals surface area contributed by atoms with Gasteiger partial charge in [0.1, 0.15) is 6.04 Å². The monoisotopic (exact) mass is 295 g/mol. The van der Waals surface area contributed by atoms with E-state index in [1.165, 1.54) is 34.6 Å². The average molecular weight is 295 g/mol. The maximum atomic E-state index is 12.1. The van der Waals surface area contributed by atoms with E-state index < -0.39 is 12.0 Å². The van der Waals surface area contributed by atoms with Gasteiger partial charge < -0.3 is 10.4 Å². The minimum absolute atomic E-state index is 0.258. The van der Waals surface area contributed by atoms with Gasteiger partial charge in [-0.05, 0) is 43.2 Å². The molecule has 0 bridgehead atoms. The van der Waals surface area contributed by atoms with Crippen molar-refractivity contribution in [2.75, 3.05) is 0 Å². The van der Waals surface area contributed by atoms with Gasteiger partial charge in [-0.1, -0.05) is 20.3 Å². The molecule has 1 aliphatic carbocycles. The van der Waals surface area contributed by atoms with Crippen molar-refractivity contribution in [3.63, 3.8) is 0 Å². The molecule has 0 aromatic carbocycles. The molecule has 5 heteroatoms. The topological polar surface area (TPSA) is 66.4 Å². The fourth-order valence-electron chi connectivity index (χ4n) is 2.63. The van der Waals surface area contributed by atoms with Crippen molar-refractivity contribution >= 4 is 23.2 Å². The van der Waals surface area contributed by atoms with Crippen LogP contribution in [0.25, 0.3) is 0 Å². The zero-order valence-electron chi connectivity index (χ0n) is 11.9. The number of rotatable bonds is 5. The highest BCUT2D eigenvalue weighted by Gasteiger charge is 2.24. The van der Waals surface area contributed by atoms with Gasteiger partial charge in [0.2, 0.25) is 0 Å². The molecule has 0 spiro atoms. The van der Waals surface area contributed by atoms with Crippen molar-refractivity contribution in [1.82, 2.24) is 5.32 Å². The Morgan fingerprint density at radius 3 is 2.85 bits per heavy atom. The molecule has 0 saturated heterocycles. The third-order valence-corrected chi connectivity index (χ3v) is 5.23. The summed E-state index contributed by atoms with van der Waals surface area (Å²) in [4.78, 5) is 25.0. The van der Waals surface area contributed by atoms with E-state index in [-0.39, 0.29) is 5.91 Å². The third kappa shape index (κ3) is 3.20. The molecule has 1 aromatic rings. The van der Waals surface area contributed by atoms with E-state index >= 15 is 0 Å². The molecule has 2 N–H and O–H groups in total. The maximum Gasteiger partial charge on any atom is 0.326 e. The summed E-state index contributed by atoms with van der Waals surface area (Å²) in [6.07, 6.45) is 4.85. The second-order valence-corrected chi connectivity index (χ2v) is 6.49. The lowest BCUT2D eigenvalue weighted by atomic mass is 9.87. The molecule has 1 heterocycles. The van der Waals surface area contributed by atoms with Gasteiger partial charge in [-0.2, -0.15) is 0 Å². The Labute approximate surface area is 123 Å². The Bertz CT molecular complexity index is 509. The van der Waals surface area contributed by atoms with E-state index in [2.05, 4.69) is 12.2 Å². The molecule has 4 nitrogen and oxygen atoms in total. The second kappa shape index (κ2) is 6.39. The molecule has 1 unspecified atom stereocenters. The van der Waals surface area contributed by atoms with Crippen LogP contribution in [0.1, 0.15) is 53.2 Å². The van der Waals surface area contributed by atoms with Gasteiger partial charge in [0, 0.05) is 4.88 Å². The lowest BCUT2D eigenvalue weighted by molar-refractivity contribution is -0.139. The van der Waals surface area contributed by atoms with E-state index in [0.29, 0.717) is 11.3 Å². The van der Waals surface area contributed by atoms with Crippen LogP contribution in [0.15, 0.2) is 6.07 Å². The van der Waals surface area contributed by atoms with Gasteiger partial charge in [-0.3, -0.25) is 4.79 Å². The number of nitrogens with one attached hydrogen (secondary N) is 1. The van der Waals surface area contributed by atoms with Crippen molar-refractivity contribution in [1.29, 1.82) is 0 Å². The number of hydrogen-bond donors (Lipinski definition) is 2. The number of carboxylic acids is 1. The van der Waals surface area contributed by atoms with Crippen LogP contribution in [0.2, 0.25) is 0 Å². The number of carbonyl (C=O) groups is 2. The first-order chi connectivity index (χ1) is 9.55. The summed E-state index contributed by atoms with van der Waals surface area (Å²) in [6, 6.07) is 1.15. The third-order valence-electron chi connectivity index (χ3n) is 4.00. The highest BCUT2D eigenvalue weighted by atomic mass is 32.1. The van der Waals surface area contributed by atoms with E-state index in [4.69, 9.17) is 5.11 Å². The number of fused-ring (bicyclic) bond motifs is 1. The number of hydrogen-bond acceptors (Lipinski definition) is 3. The Hall–Kier alpha value is -1.36. The lowest BCUT2D eigenvalue weighted by Crippen LogP contribution is -2.39. The summed E-state index contributed by atoms with van der Waals surface area (Å²) in [7, 11) is 0. The van der Waals surface area contributed by atoms with Crippen molar-refractivity contribution in [2.45, 2.75) is 52.0 Å². The summed E-state index contributed by atoms with van der Waals surface area (Å²) < 4.78 is 0. The van der Waals surface area contributed by atoms with Crippen LogP contribution in [0.3, 0.4) is 0 Å². The van der Waals surface area contributed by atoms with E-state index in [9.17, 15) is 9.59 Å². The summed E-state index contributed by atoms with van der Waals surface area (Å²) >= 11 is 1.52. The van der Waals surface area contributed by atoms with Gasteiger partial charge in [0.25, 0.3) is 5.91 Å². The Balaban J connectivity index is 2.09. The van der Waals surface area contributed by atoms with Crippen LogP contribution in [-0.2, 0) is 17.6 Å². The molecule has 1 aliphatic rings. The molecule has 1 amide bonds. The highest BCUT2D eigenvalue weighted by Crippen LogP contribution is 2.33. The number of aliphatic carboxylic acids is 1. The fraction of sp³-hybridized carbons (Fsp3) is 0.600. The molecule has 110 valence electrons. The van der Waals surface area contributed by atoms with Crippen LogP contribution in [0.4, 0.5) is 0 Å². The summed E-state index contributed by atoms with van der Waals surface area (Å²) in [5.41, 5.74) is 1.28. The standard InChI is InChI=1S/C15H21NO3S/c1-3-9-5-6-12-10(7-9)8-13(20-12)14(17)16-11(4-2)15(18)19/h8-9,11H,3-7H2,1-2H3,(H,16,17)(H,18,19)/t9?,11-/m1/s1. The van der Waals surface area contributed by atoms with Crippen LogP contribution < -0.4 is 5.32 Å². The minimum atomic E-state index is -0.979. The molecule has 0 radical (unpaired) electrons. The molecular formula is C15H21NO3S. The van der Waals surface area contributed by atoms with Gasteiger partial charge in [0.15, 0.2) is 0 Å². The van der Waals surface area contributed by atoms with Crippen molar-refractivity contribution < 1.29 is 14.7 Å². The first kappa shape index (κ1) is 15.0. The average Bonchev–Trinajstić information content (AvgIpc) is 2.86. The van der Waals surface area contributed by atoms with Crippen LogP contribution in [0, 0.1) is 5.92 Å². The van der Waals surface area contributed by atoms with Gasteiger partial charge >= 0.3 is 5.97 Å². The quantitative estimate of drug-likeness (QED) is 0.878. The van der Waals surface area contributed by atoms with E-state index in [0.717, 1.165) is 18.8 Å². The SMILES string of the molecule is CCC1CCc2sc(C(=O)N[C@H](CC)C(=O)O)cc2C1. The predicted molar refractivity (Wildman–Crippen MR) is 79.3 cm³/mol. The summed E-state index contributed by atoms with van der Waals surface area (Å²) in [5, 5.41) is 11.6. The molecular weight excluding hydrogens is 274 g/mol. The zero-order valence-corrected chi connectivity index (χ0v) is 12.8. The predicted octanol–water partition coefficient (Wildman–Crippen LogP) is 2.86. The molecule has 1 aromatic heterocycles. The van der Waals surface area contributed by atoms with Crippen LogP contribution in [-0.4, -0.2) is 23.0 Å². The number of amides is 1. The minimum Gasteiger partial charge on any atom is -0.480 e. The zero-order chi connectivity index (χ0) is 14.7. The number of aryl methyl sites for hydroxylation is 1. The smallest absolute Gasteiger partial charge is 0.326 e. The molecule has 2 atom stereocenters. The Kier molecular flexibility index (Phi) is 4.81. The van der Waals surface area contributed by atoms with E-state index in [1.54, 1.807) is 6.92 Å².